The molecule has 1 saturated carbocycles. The van der Waals surface area contributed by atoms with Gasteiger partial charge in [-0.1, -0.05) is 25.0 Å². The minimum absolute atomic E-state index is 0.106. The van der Waals surface area contributed by atoms with Crippen molar-refractivity contribution in [1.29, 1.82) is 0 Å². The highest BCUT2D eigenvalue weighted by molar-refractivity contribution is 6.04. The first kappa shape index (κ1) is 32.7. The number of piperidine rings is 1. The number of rotatable bonds is 12. The molecule has 47 heavy (non-hydrogen) atoms. The molecule has 0 spiro atoms. The van der Waals surface area contributed by atoms with E-state index in [0.717, 1.165) is 68.4 Å². The lowest BCUT2D eigenvalue weighted by Gasteiger charge is -2.31. The van der Waals surface area contributed by atoms with Gasteiger partial charge < -0.3 is 20.1 Å². The van der Waals surface area contributed by atoms with Gasteiger partial charge in [-0.05, 0) is 86.9 Å². The summed E-state index contributed by atoms with van der Waals surface area (Å²) < 4.78 is 2.00. The summed E-state index contributed by atoms with van der Waals surface area (Å²) in [6.45, 7) is 4.15. The zero-order valence-electron chi connectivity index (χ0n) is 27.5. The average Bonchev–Trinajstić information content (AvgIpc) is 3.81. The SMILES string of the molecule is CN(C(=O)CC1CCCC1)c1ccc2c(c1)nc(NC(=O)c1cccc(CN3CCCC(C(N)=O)C3)c1)n2CCCN1CCCC1=O. The third-order valence-corrected chi connectivity index (χ3v) is 10.1. The van der Waals surface area contributed by atoms with Crippen LogP contribution in [0.15, 0.2) is 42.5 Å². The van der Waals surface area contributed by atoms with E-state index in [1.54, 1.807) is 11.0 Å². The molecule has 3 fully saturated rings. The molecule has 3 aliphatic rings. The summed E-state index contributed by atoms with van der Waals surface area (Å²) >= 11 is 0. The molecular weight excluding hydrogens is 594 g/mol. The average molecular weight is 642 g/mol. The van der Waals surface area contributed by atoms with Crippen molar-refractivity contribution in [3.05, 3.63) is 53.6 Å². The molecule has 6 rings (SSSR count). The second-order valence-electron chi connectivity index (χ2n) is 13.5. The summed E-state index contributed by atoms with van der Waals surface area (Å²) in [5, 5.41) is 3.05. The second-order valence-corrected chi connectivity index (χ2v) is 13.5. The Bertz CT molecular complexity index is 1630. The summed E-state index contributed by atoms with van der Waals surface area (Å²) in [4.78, 5) is 61.4. The Balaban J connectivity index is 1.20. The summed E-state index contributed by atoms with van der Waals surface area (Å²) in [6, 6.07) is 13.4. The number of nitrogens with two attached hydrogens (primary N) is 1. The number of amides is 4. The Labute approximate surface area is 276 Å². The van der Waals surface area contributed by atoms with Gasteiger partial charge in [-0.15, -0.1) is 0 Å². The van der Waals surface area contributed by atoms with E-state index in [-0.39, 0.29) is 29.5 Å². The Morgan fingerprint density at radius 3 is 2.60 bits per heavy atom. The zero-order valence-corrected chi connectivity index (χ0v) is 27.5. The van der Waals surface area contributed by atoms with E-state index in [1.165, 1.54) is 12.8 Å². The highest BCUT2D eigenvalue weighted by Crippen LogP contribution is 2.30. The molecule has 1 aliphatic carbocycles. The molecular formula is C36H47N7O4. The molecule has 11 heteroatoms. The van der Waals surface area contributed by atoms with Crippen LogP contribution in [0.1, 0.15) is 80.1 Å². The Morgan fingerprint density at radius 1 is 1.00 bits per heavy atom. The number of aromatic nitrogens is 2. The number of carbonyl (C=O) groups is 4. The van der Waals surface area contributed by atoms with Crippen molar-refractivity contribution in [3.63, 3.8) is 0 Å². The van der Waals surface area contributed by atoms with Crippen molar-refractivity contribution in [1.82, 2.24) is 19.4 Å². The number of hydrogen-bond donors (Lipinski definition) is 2. The molecule has 4 amide bonds. The maximum absolute atomic E-state index is 13.6. The van der Waals surface area contributed by atoms with E-state index < -0.39 is 0 Å². The number of carbonyl (C=O) groups excluding carboxylic acids is 4. The van der Waals surface area contributed by atoms with Gasteiger partial charge in [0.05, 0.1) is 17.0 Å². The highest BCUT2D eigenvalue weighted by Gasteiger charge is 2.25. The molecule has 0 bridgehead atoms. The third-order valence-electron chi connectivity index (χ3n) is 10.1. The van der Waals surface area contributed by atoms with E-state index in [1.807, 2.05) is 52.9 Å². The number of anilines is 2. The molecule has 2 saturated heterocycles. The Morgan fingerprint density at radius 2 is 1.83 bits per heavy atom. The minimum Gasteiger partial charge on any atom is -0.369 e. The molecule has 1 aromatic heterocycles. The van der Waals surface area contributed by atoms with Crippen LogP contribution in [0.4, 0.5) is 11.6 Å². The molecule has 1 atom stereocenters. The van der Waals surface area contributed by atoms with Gasteiger partial charge in [0.1, 0.15) is 0 Å². The fourth-order valence-corrected chi connectivity index (χ4v) is 7.43. The van der Waals surface area contributed by atoms with Crippen molar-refractivity contribution in [2.24, 2.45) is 17.6 Å². The van der Waals surface area contributed by atoms with Crippen LogP contribution in [0.2, 0.25) is 0 Å². The number of nitrogens with zero attached hydrogens (tertiary/aromatic N) is 5. The monoisotopic (exact) mass is 641 g/mol. The maximum atomic E-state index is 13.6. The first-order valence-corrected chi connectivity index (χ1v) is 17.2. The number of likely N-dealkylation sites (tertiary alicyclic amines) is 2. The fourth-order valence-electron chi connectivity index (χ4n) is 7.43. The minimum atomic E-state index is -0.268. The topological polar surface area (TPSA) is 134 Å². The van der Waals surface area contributed by atoms with Crippen LogP contribution in [0.5, 0.6) is 0 Å². The second kappa shape index (κ2) is 14.7. The van der Waals surface area contributed by atoms with E-state index in [0.29, 0.717) is 62.0 Å². The molecule has 250 valence electrons. The number of fused-ring (bicyclic) bond motifs is 1. The first-order chi connectivity index (χ1) is 22.7. The third kappa shape index (κ3) is 7.84. The maximum Gasteiger partial charge on any atom is 0.257 e. The fraction of sp³-hybridized carbons (Fsp3) is 0.528. The highest BCUT2D eigenvalue weighted by atomic mass is 16.2. The van der Waals surface area contributed by atoms with Gasteiger partial charge in [0.15, 0.2) is 0 Å². The normalized spacial score (nSPS) is 19.0. The number of aryl methyl sites for hydroxylation is 1. The van der Waals surface area contributed by atoms with Gasteiger partial charge in [-0.2, -0.15) is 0 Å². The van der Waals surface area contributed by atoms with Crippen LogP contribution in [0, 0.1) is 11.8 Å². The quantitative estimate of drug-likeness (QED) is 0.298. The van der Waals surface area contributed by atoms with Gasteiger partial charge in [0, 0.05) is 63.9 Å². The van der Waals surface area contributed by atoms with Gasteiger partial charge in [-0.3, -0.25) is 29.4 Å². The largest absolute Gasteiger partial charge is 0.369 e. The van der Waals surface area contributed by atoms with Crippen molar-refractivity contribution in [3.8, 4) is 0 Å². The van der Waals surface area contributed by atoms with Gasteiger partial charge in [0.2, 0.25) is 23.7 Å². The van der Waals surface area contributed by atoms with Crippen LogP contribution in [0.25, 0.3) is 11.0 Å². The number of imidazole rings is 1. The number of hydrogen-bond acceptors (Lipinski definition) is 6. The lowest BCUT2D eigenvalue weighted by Crippen LogP contribution is -2.40. The van der Waals surface area contributed by atoms with Crippen LogP contribution in [-0.4, -0.2) is 76.2 Å². The molecule has 0 radical (unpaired) electrons. The van der Waals surface area contributed by atoms with Crippen molar-refractivity contribution in [2.45, 2.75) is 77.3 Å². The standard InChI is InChI=1S/C36H47N7O4/c1-40(33(45)21-25-8-2-3-9-25)29-14-15-31-30(22-29)38-36(43(31)19-7-18-42-17-6-13-32(42)44)39-35(47)27-11-4-10-26(20-27)23-41-16-5-12-28(24-41)34(37)46/h4,10-11,14-15,20,22,25,28H,2-3,5-9,12-13,16-19,21,23-24H2,1H3,(H2,37,46)(H,38,39,47). The molecule has 2 aliphatic heterocycles. The lowest BCUT2D eigenvalue weighted by molar-refractivity contribution is -0.127. The number of primary amides is 1. The smallest absolute Gasteiger partial charge is 0.257 e. The summed E-state index contributed by atoms with van der Waals surface area (Å²) in [7, 11) is 1.82. The summed E-state index contributed by atoms with van der Waals surface area (Å²) in [5.41, 5.74) is 9.40. The predicted molar refractivity (Wildman–Crippen MR) is 182 cm³/mol. The van der Waals surface area contributed by atoms with Crippen molar-refractivity contribution < 1.29 is 19.2 Å². The lowest BCUT2D eigenvalue weighted by atomic mass is 9.97. The van der Waals surface area contributed by atoms with Crippen molar-refractivity contribution >= 4 is 46.3 Å². The number of benzene rings is 2. The van der Waals surface area contributed by atoms with Crippen LogP contribution < -0.4 is 16.0 Å². The molecule has 1 unspecified atom stereocenters. The van der Waals surface area contributed by atoms with Crippen molar-refractivity contribution in [2.75, 3.05) is 43.4 Å². The Hall–Kier alpha value is -4.25. The summed E-state index contributed by atoms with van der Waals surface area (Å²) in [6.07, 6.45) is 9.15. The van der Waals surface area contributed by atoms with Gasteiger partial charge in [-0.25, -0.2) is 4.98 Å². The van der Waals surface area contributed by atoms with Crippen LogP contribution >= 0.6 is 0 Å². The molecule has 3 N–H and O–H groups in total. The predicted octanol–water partition coefficient (Wildman–Crippen LogP) is 4.54. The van der Waals surface area contributed by atoms with Gasteiger partial charge in [0.25, 0.3) is 5.91 Å². The number of nitrogens with one attached hydrogen (secondary N) is 1. The van der Waals surface area contributed by atoms with E-state index in [2.05, 4.69) is 10.2 Å². The molecule has 2 aromatic carbocycles. The van der Waals surface area contributed by atoms with Crippen LogP contribution in [0.3, 0.4) is 0 Å². The van der Waals surface area contributed by atoms with Crippen LogP contribution in [-0.2, 0) is 27.5 Å². The zero-order chi connectivity index (χ0) is 32.9. The molecule has 3 aromatic rings. The summed E-state index contributed by atoms with van der Waals surface area (Å²) in [5.74, 6) is 0.524. The Kier molecular flexibility index (Phi) is 10.2. The van der Waals surface area contributed by atoms with Gasteiger partial charge >= 0.3 is 0 Å². The van der Waals surface area contributed by atoms with E-state index in [9.17, 15) is 19.2 Å². The van der Waals surface area contributed by atoms with E-state index in [4.69, 9.17) is 10.7 Å². The first-order valence-electron chi connectivity index (χ1n) is 17.2. The molecule has 11 nitrogen and oxygen atoms in total. The molecule has 3 heterocycles. The van der Waals surface area contributed by atoms with E-state index >= 15 is 0 Å².